The number of hydrogen-bond acceptors (Lipinski definition) is 4. The number of ether oxygens (including phenoxy) is 2. The van der Waals surface area contributed by atoms with Crippen LogP contribution in [0.4, 0.5) is 0 Å². The van der Waals surface area contributed by atoms with Gasteiger partial charge in [0, 0.05) is 34.8 Å². The van der Waals surface area contributed by atoms with Crippen molar-refractivity contribution in [2.75, 3.05) is 27.3 Å². The Bertz CT molecular complexity index is 1390. The van der Waals surface area contributed by atoms with Crippen LogP contribution in [0, 0.1) is 0 Å². The molecule has 5 rings (SSSR count). The van der Waals surface area contributed by atoms with Gasteiger partial charge >= 0.3 is 0 Å². The molecule has 1 atom stereocenters. The zero-order valence-electron chi connectivity index (χ0n) is 19.7. The third kappa shape index (κ3) is 4.21. The number of benzene rings is 3. The molecular weight excluding hydrogens is 442 g/mol. The van der Waals surface area contributed by atoms with Crippen LogP contribution in [0.1, 0.15) is 33.1 Å². The lowest BCUT2D eigenvalue weighted by Crippen LogP contribution is -2.40. The Morgan fingerprint density at radius 1 is 0.971 bits per heavy atom. The second-order valence-corrected chi connectivity index (χ2v) is 8.50. The van der Waals surface area contributed by atoms with Crippen molar-refractivity contribution in [2.45, 2.75) is 12.5 Å². The predicted octanol–water partition coefficient (Wildman–Crippen LogP) is 4.09. The molecule has 4 aromatic rings. The molecule has 1 unspecified atom stereocenters. The number of aromatic amines is 1. The van der Waals surface area contributed by atoms with E-state index in [0.29, 0.717) is 30.0 Å². The van der Waals surface area contributed by atoms with Gasteiger partial charge in [0.25, 0.3) is 5.91 Å². The monoisotopic (exact) mass is 469 g/mol. The molecule has 0 saturated carbocycles. The maximum atomic E-state index is 13.3. The number of methoxy groups -OCH3 is 2. The number of nitrogens with one attached hydrogen (secondary N) is 2. The van der Waals surface area contributed by atoms with Gasteiger partial charge in [-0.15, -0.1) is 0 Å². The molecule has 1 aromatic heterocycles. The second kappa shape index (κ2) is 9.54. The molecule has 2 heterocycles. The van der Waals surface area contributed by atoms with Gasteiger partial charge in [0.1, 0.15) is 6.54 Å². The van der Waals surface area contributed by atoms with Gasteiger partial charge < -0.3 is 24.7 Å². The fourth-order valence-electron chi connectivity index (χ4n) is 4.78. The number of carbonyl (C=O) groups excluding carboxylic acids is 2. The van der Waals surface area contributed by atoms with Crippen molar-refractivity contribution < 1.29 is 19.1 Å². The molecule has 178 valence electrons. The summed E-state index contributed by atoms with van der Waals surface area (Å²) in [4.78, 5) is 31.2. The highest BCUT2D eigenvalue weighted by Crippen LogP contribution is 2.40. The summed E-state index contributed by atoms with van der Waals surface area (Å²) >= 11 is 0. The molecule has 35 heavy (non-hydrogen) atoms. The molecule has 7 heteroatoms. The van der Waals surface area contributed by atoms with Crippen molar-refractivity contribution in [1.82, 2.24) is 15.2 Å². The van der Waals surface area contributed by atoms with E-state index in [1.54, 1.807) is 19.1 Å². The smallest absolute Gasteiger partial charge is 0.255 e. The van der Waals surface area contributed by atoms with Gasteiger partial charge in [-0.05, 0) is 41.8 Å². The van der Waals surface area contributed by atoms with Gasteiger partial charge in [-0.3, -0.25) is 9.59 Å². The fraction of sp³-hybridized carbons (Fsp3) is 0.214. The molecule has 1 aliphatic rings. The maximum Gasteiger partial charge on any atom is 0.255 e. The standard InChI is InChI=1S/C28H27N3O4/c1-34-24-12-11-18(15-25(24)35-2)13-14-29-26(32)17-31-27(20-8-3-4-9-21(20)28(31)33)22-16-30-23-10-6-5-7-19(22)23/h3-12,15-16,27,30H,13-14,17H2,1-2H3,(H,29,32). The summed E-state index contributed by atoms with van der Waals surface area (Å²) in [5.74, 6) is 0.983. The van der Waals surface area contributed by atoms with Crippen LogP contribution in [0.3, 0.4) is 0 Å². The van der Waals surface area contributed by atoms with Gasteiger partial charge in [-0.1, -0.05) is 42.5 Å². The van der Waals surface area contributed by atoms with Crippen molar-refractivity contribution >= 4 is 22.7 Å². The summed E-state index contributed by atoms with van der Waals surface area (Å²) in [6.45, 7) is 0.421. The van der Waals surface area contributed by atoms with Crippen LogP contribution in [0.15, 0.2) is 72.9 Å². The molecule has 0 radical (unpaired) electrons. The van der Waals surface area contributed by atoms with Crippen molar-refractivity contribution in [3.63, 3.8) is 0 Å². The molecule has 2 amide bonds. The number of nitrogens with zero attached hydrogens (tertiary/aromatic N) is 1. The highest BCUT2D eigenvalue weighted by atomic mass is 16.5. The molecule has 0 aliphatic carbocycles. The molecular formula is C28H27N3O4. The zero-order chi connectivity index (χ0) is 24.4. The minimum absolute atomic E-state index is 0.0242. The van der Waals surface area contributed by atoms with Crippen LogP contribution in [0.2, 0.25) is 0 Å². The number of rotatable bonds is 8. The number of amides is 2. The summed E-state index contributed by atoms with van der Waals surface area (Å²) in [6, 6.07) is 20.9. The molecule has 0 bridgehead atoms. The fourth-order valence-corrected chi connectivity index (χ4v) is 4.78. The van der Waals surface area contributed by atoms with Crippen molar-refractivity contribution in [3.8, 4) is 11.5 Å². The summed E-state index contributed by atoms with van der Waals surface area (Å²) in [7, 11) is 3.19. The number of aromatic nitrogens is 1. The molecule has 1 aliphatic heterocycles. The van der Waals surface area contributed by atoms with Crippen LogP contribution in [-0.4, -0.2) is 49.0 Å². The lowest BCUT2D eigenvalue weighted by molar-refractivity contribution is -0.122. The molecule has 0 spiro atoms. The van der Waals surface area contributed by atoms with E-state index >= 15 is 0 Å². The van der Waals surface area contributed by atoms with Gasteiger partial charge in [0.15, 0.2) is 11.5 Å². The second-order valence-electron chi connectivity index (χ2n) is 8.50. The Kier molecular flexibility index (Phi) is 6.14. The van der Waals surface area contributed by atoms with E-state index in [2.05, 4.69) is 10.3 Å². The Balaban J connectivity index is 1.32. The Hall–Kier alpha value is -4.26. The van der Waals surface area contributed by atoms with Crippen LogP contribution >= 0.6 is 0 Å². The first kappa shape index (κ1) is 22.5. The van der Waals surface area contributed by atoms with Crippen LogP contribution in [-0.2, 0) is 11.2 Å². The quantitative estimate of drug-likeness (QED) is 0.407. The summed E-state index contributed by atoms with van der Waals surface area (Å²) < 4.78 is 10.6. The van der Waals surface area contributed by atoms with E-state index in [9.17, 15) is 9.59 Å². The minimum atomic E-state index is -0.327. The van der Waals surface area contributed by atoms with Gasteiger partial charge in [-0.2, -0.15) is 0 Å². The molecule has 0 fully saturated rings. The third-order valence-corrected chi connectivity index (χ3v) is 6.47. The van der Waals surface area contributed by atoms with Gasteiger partial charge in [0.2, 0.25) is 5.91 Å². The topological polar surface area (TPSA) is 83.7 Å². The predicted molar refractivity (Wildman–Crippen MR) is 134 cm³/mol. The Morgan fingerprint density at radius 3 is 2.57 bits per heavy atom. The van der Waals surface area contributed by atoms with E-state index < -0.39 is 0 Å². The van der Waals surface area contributed by atoms with Crippen LogP contribution in [0.5, 0.6) is 11.5 Å². The van der Waals surface area contributed by atoms with Crippen molar-refractivity contribution in [2.24, 2.45) is 0 Å². The average molecular weight is 470 g/mol. The van der Waals surface area contributed by atoms with Crippen LogP contribution < -0.4 is 14.8 Å². The SMILES string of the molecule is COc1ccc(CCNC(=O)CN2C(=O)c3ccccc3C2c2c[nH]c3ccccc23)cc1OC. The van der Waals surface area contributed by atoms with Gasteiger partial charge in [0.05, 0.1) is 20.3 Å². The van der Waals surface area contributed by atoms with Crippen molar-refractivity contribution in [3.05, 3.63) is 95.2 Å². The maximum absolute atomic E-state index is 13.3. The number of hydrogen-bond donors (Lipinski definition) is 2. The molecule has 3 aromatic carbocycles. The first-order valence-electron chi connectivity index (χ1n) is 11.5. The highest BCUT2D eigenvalue weighted by Gasteiger charge is 2.39. The lowest BCUT2D eigenvalue weighted by Gasteiger charge is -2.25. The third-order valence-electron chi connectivity index (χ3n) is 6.47. The number of H-pyrrole nitrogens is 1. The van der Waals surface area contributed by atoms with E-state index in [1.165, 1.54) is 0 Å². The molecule has 0 saturated heterocycles. The summed E-state index contributed by atoms with van der Waals surface area (Å²) in [6.07, 6.45) is 2.57. The Labute approximate surface area is 203 Å². The highest BCUT2D eigenvalue weighted by molar-refractivity contribution is 6.02. The molecule has 7 nitrogen and oxygen atoms in total. The van der Waals surface area contributed by atoms with E-state index in [-0.39, 0.29) is 24.4 Å². The largest absolute Gasteiger partial charge is 0.493 e. The first-order valence-corrected chi connectivity index (χ1v) is 11.5. The molecule has 2 N–H and O–H groups in total. The summed E-state index contributed by atoms with van der Waals surface area (Å²) in [5.41, 5.74) is 4.56. The van der Waals surface area contributed by atoms with Gasteiger partial charge in [-0.25, -0.2) is 0 Å². The number of para-hydroxylation sites is 1. The number of fused-ring (bicyclic) bond motifs is 2. The van der Waals surface area contributed by atoms with E-state index in [0.717, 1.165) is 27.6 Å². The average Bonchev–Trinajstić information content (AvgIpc) is 3.42. The minimum Gasteiger partial charge on any atom is -0.493 e. The number of carbonyl (C=O) groups is 2. The summed E-state index contributed by atoms with van der Waals surface area (Å²) in [5, 5.41) is 4.00. The first-order chi connectivity index (χ1) is 17.1. The van der Waals surface area contributed by atoms with E-state index in [4.69, 9.17) is 9.47 Å². The van der Waals surface area contributed by atoms with Crippen molar-refractivity contribution in [1.29, 1.82) is 0 Å². The zero-order valence-corrected chi connectivity index (χ0v) is 19.7. The Morgan fingerprint density at radius 2 is 1.74 bits per heavy atom. The van der Waals surface area contributed by atoms with Crippen LogP contribution in [0.25, 0.3) is 10.9 Å². The van der Waals surface area contributed by atoms with E-state index in [1.807, 2.05) is 72.9 Å². The lowest BCUT2D eigenvalue weighted by atomic mass is 9.97. The normalized spacial score (nSPS) is 14.7.